The number of aryl methyl sites for hydroxylation is 1. The molecule has 1 unspecified atom stereocenters. The maximum absolute atomic E-state index is 11.4. The lowest BCUT2D eigenvalue weighted by atomic mass is 10.1. The molecular formula is C15H17N3O2. The summed E-state index contributed by atoms with van der Waals surface area (Å²) in [5.74, 6) is -0.758. The van der Waals surface area contributed by atoms with Gasteiger partial charge in [-0.1, -0.05) is 18.2 Å². The quantitative estimate of drug-likeness (QED) is 0.915. The highest BCUT2D eigenvalue weighted by molar-refractivity contribution is 5.82. The van der Waals surface area contributed by atoms with Crippen molar-refractivity contribution in [1.82, 2.24) is 9.78 Å². The van der Waals surface area contributed by atoms with Crippen LogP contribution in [0, 0.1) is 0 Å². The van der Waals surface area contributed by atoms with E-state index in [0.29, 0.717) is 13.0 Å². The van der Waals surface area contributed by atoms with Crippen molar-refractivity contribution in [3.8, 4) is 0 Å². The Hall–Kier alpha value is -2.30. The average Bonchev–Trinajstić information content (AvgIpc) is 3.00. The molecule has 0 fully saturated rings. The van der Waals surface area contributed by atoms with Crippen LogP contribution in [0.4, 0.5) is 5.69 Å². The van der Waals surface area contributed by atoms with E-state index in [1.165, 1.54) is 0 Å². The minimum Gasteiger partial charge on any atom is -0.480 e. The van der Waals surface area contributed by atoms with Crippen LogP contribution in [0.2, 0.25) is 0 Å². The molecule has 1 N–H and O–H groups in total. The summed E-state index contributed by atoms with van der Waals surface area (Å²) >= 11 is 0. The number of rotatable bonds is 4. The van der Waals surface area contributed by atoms with Crippen LogP contribution in [-0.2, 0) is 24.7 Å². The van der Waals surface area contributed by atoms with E-state index in [9.17, 15) is 9.90 Å². The van der Waals surface area contributed by atoms with E-state index in [4.69, 9.17) is 0 Å². The van der Waals surface area contributed by atoms with Gasteiger partial charge in [-0.15, -0.1) is 0 Å². The molecule has 104 valence electrons. The van der Waals surface area contributed by atoms with Gasteiger partial charge in [0.2, 0.25) is 0 Å². The van der Waals surface area contributed by atoms with Gasteiger partial charge in [-0.2, -0.15) is 5.10 Å². The molecule has 0 bridgehead atoms. The van der Waals surface area contributed by atoms with Crippen molar-refractivity contribution in [1.29, 1.82) is 0 Å². The molecule has 2 heterocycles. The maximum atomic E-state index is 11.4. The molecule has 0 saturated carbocycles. The summed E-state index contributed by atoms with van der Waals surface area (Å²) in [6.45, 7) is 0.688. The SMILES string of the molecule is Cn1nccc1CCN1c2ccccc2CC1C(=O)O. The number of hydrogen-bond acceptors (Lipinski definition) is 3. The zero-order chi connectivity index (χ0) is 14.1. The number of para-hydroxylation sites is 1. The Bertz CT molecular complexity index is 636. The Morgan fingerprint density at radius 1 is 1.40 bits per heavy atom. The fourth-order valence-electron chi connectivity index (χ4n) is 2.83. The van der Waals surface area contributed by atoms with Crippen molar-refractivity contribution in [3.05, 3.63) is 47.8 Å². The maximum Gasteiger partial charge on any atom is 0.326 e. The van der Waals surface area contributed by atoms with Gasteiger partial charge in [-0.25, -0.2) is 4.79 Å². The summed E-state index contributed by atoms with van der Waals surface area (Å²) in [6, 6.07) is 9.44. The van der Waals surface area contributed by atoms with Crippen LogP contribution in [0.15, 0.2) is 36.5 Å². The van der Waals surface area contributed by atoms with Crippen molar-refractivity contribution < 1.29 is 9.90 Å². The van der Waals surface area contributed by atoms with E-state index in [1.807, 2.05) is 47.0 Å². The van der Waals surface area contributed by atoms with E-state index in [-0.39, 0.29) is 0 Å². The Kier molecular flexibility index (Phi) is 3.18. The zero-order valence-corrected chi connectivity index (χ0v) is 11.4. The lowest BCUT2D eigenvalue weighted by Crippen LogP contribution is -2.40. The van der Waals surface area contributed by atoms with E-state index >= 15 is 0 Å². The Labute approximate surface area is 117 Å². The number of nitrogens with zero attached hydrogens (tertiary/aromatic N) is 3. The molecule has 0 aliphatic carbocycles. The summed E-state index contributed by atoms with van der Waals surface area (Å²) in [6.07, 6.45) is 3.13. The molecule has 20 heavy (non-hydrogen) atoms. The predicted molar refractivity (Wildman–Crippen MR) is 75.8 cm³/mol. The van der Waals surface area contributed by atoms with Crippen molar-refractivity contribution >= 4 is 11.7 Å². The summed E-state index contributed by atoms with van der Waals surface area (Å²) in [4.78, 5) is 13.4. The highest BCUT2D eigenvalue weighted by atomic mass is 16.4. The van der Waals surface area contributed by atoms with Gasteiger partial charge in [0, 0.05) is 44.0 Å². The van der Waals surface area contributed by atoms with Gasteiger partial charge in [0.15, 0.2) is 0 Å². The van der Waals surface area contributed by atoms with Gasteiger partial charge >= 0.3 is 5.97 Å². The zero-order valence-electron chi connectivity index (χ0n) is 11.4. The molecule has 1 aliphatic rings. The van der Waals surface area contributed by atoms with E-state index < -0.39 is 12.0 Å². The van der Waals surface area contributed by atoms with Crippen molar-refractivity contribution in [2.45, 2.75) is 18.9 Å². The van der Waals surface area contributed by atoms with Crippen LogP contribution >= 0.6 is 0 Å². The Balaban J connectivity index is 1.82. The average molecular weight is 271 g/mol. The predicted octanol–water partition coefficient (Wildman–Crippen LogP) is 1.48. The number of benzene rings is 1. The number of carbonyl (C=O) groups is 1. The highest BCUT2D eigenvalue weighted by Crippen LogP contribution is 2.32. The molecule has 0 saturated heterocycles. The first-order valence-corrected chi connectivity index (χ1v) is 6.71. The van der Waals surface area contributed by atoms with Gasteiger partial charge in [-0.3, -0.25) is 4.68 Å². The van der Waals surface area contributed by atoms with Gasteiger partial charge in [0.25, 0.3) is 0 Å². The van der Waals surface area contributed by atoms with Gasteiger partial charge in [0.1, 0.15) is 6.04 Å². The highest BCUT2D eigenvalue weighted by Gasteiger charge is 2.33. The minimum absolute atomic E-state index is 0.458. The molecule has 3 rings (SSSR count). The second kappa shape index (κ2) is 5.00. The molecule has 0 spiro atoms. The number of carboxylic acids is 1. The molecule has 5 heteroatoms. The molecular weight excluding hydrogens is 254 g/mol. The summed E-state index contributed by atoms with van der Waals surface area (Å²) < 4.78 is 1.83. The van der Waals surface area contributed by atoms with Crippen LogP contribution in [0.5, 0.6) is 0 Å². The molecule has 0 radical (unpaired) electrons. The number of anilines is 1. The smallest absolute Gasteiger partial charge is 0.326 e. The minimum atomic E-state index is -0.758. The van der Waals surface area contributed by atoms with Crippen LogP contribution in [0.1, 0.15) is 11.3 Å². The monoisotopic (exact) mass is 271 g/mol. The molecule has 1 aromatic heterocycles. The Morgan fingerprint density at radius 3 is 2.90 bits per heavy atom. The third-order valence-corrected chi connectivity index (χ3v) is 3.91. The lowest BCUT2D eigenvalue weighted by molar-refractivity contribution is -0.138. The molecule has 1 atom stereocenters. The van der Waals surface area contributed by atoms with Crippen molar-refractivity contribution in [2.75, 3.05) is 11.4 Å². The van der Waals surface area contributed by atoms with Gasteiger partial charge < -0.3 is 10.0 Å². The van der Waals surface area contributed by atoms with Gasteiger partial charge in [0.05, 0.1) is 0 Å². The standard InChI is InChI=1S/C15H17N3O2/c1-17-12(6-8-16-17)7-9-18-13-5-3-2-4-11(13)10-14(18)15(19)20/h2-6,8,14H,7,9-10H2,1H3,(H,19,20). The van der Waals surface area contributed by atoms with Crippen molar-refractivity contribution in [2.24, 2.45) is 7.05 Å². The van der Waals surface area contributed by atoms with E-state index in [2.05, 4.69) is 5.10 Å². The van der Waals surface area contributed by atoms with Crippen LogP contribution in [0.3, 0.4) is 0 Å². The number of aliphatic carboxylic acids is 1. The molecule has 2 aromatic rings. The number of carboxylic acid groups (broad SMARTS) is 1. The molecule has 1 aliphatic heterocycles. The summed E-state index contributed by atoms with van der Waals surface area (Å²) in [7, 11) is 1.90. The van der Waals surface area contributed by atoms with Gasteiger partial charge in [-0.05, 0) is 17.7 Å². The van der Waals surface area contributed by atoms with Crippen LogP contribution < -0.4 is 4.90 Å². The lowest BCUT2D eigenvalue weighted by Gasteiger charge is -2.24. The van der Waals surface area contributed by atoms with E-state index in [0.717, 1.165) is 23.4 Å². The fourth-order valence-corrected chi connectivity index (χ4v) is 2.83. The second-order valence-corrected chi connectivity index (χ2v) is 5.08. The third kappa shape index (κ3) is 2.15. The third-order valence-electron chi connectivity index (χ3n) is 3.91. The fraction of sp³-hybridized carbons (Fsp3) is 0.333. The normalized spacial score (nSPS) is 17.2. The summed E-state index contributed by atoms with van der Waals surface area (Å²) in [5, 5.41) is 13.6. The number of aromatic nitrogens is 2. The topological polar surface area (TPSA) is 58.4 Å². The molecule has 5 nitrogen and oxygen atoms in total. The first kappa shape index (κ1) is 12.7. The largest absolute Gasteiger partial charge is 0.480 e. The second-order valence-electron chi connectivity index (χ2n) is 5.08. The number of hydrogen-bond donors (Lipinski definition) is 1. The molecule has 1 aromatic carbocycles. The number of fused-ring (bicyclic) bond motifs is 1. The first-order chi connectivity index (χ1) is 9.66. The van der Waals surface area contributed by atoms with Crippen LogP contribution in [-0.4, -0.2) is 33.4 Å². The van der Waals surface area contributed by atoms with Crippen LogP contribution in [0.25, 0.3) is 0 Å². The van der Waals surface area contributed by atoms with E-state index in [1.54, 1.807) is 6.20 Å². The Morgan fingerprint density at radius 2 is 2.20 bits per heavy atom. The first-order valence-electron chi connectivity index (χ1n) is 6.71. The molecule has 0 amide bonds. The van der Waals surface area contributed by atoms with Crippen molar-refractivity contribution in [3.63, 3.8) is 0 Å². The summed E-state index contributed by atoms with van der Waals surface area (Å²) in [5.41, 5.74) is 3.27.